The molecule has 4 saturated carbocycles. The van der Waals surface area contributed by atoms with E-state index < -0.39 is 6.29 Å². The molecule has 5 aromatic rings. The third-order valence-electron chi connectivity index (χ3n) is 13.3. The number of carbonyl (C=O) groups excluding carboxylic acids is 1. The molecule has 1 saturated heterocycles. The number of amides is 2. The molecule has 300 valence electrons. The molecule has 2 amide bonds. The fourth-order valence-corrected chi connectivity index (χ4v) is 10.9. The Balaban J connectivity index is 0.931. The molecule has 1 aliphatic heterocycles. The van der Waals surface area contributed by atoms with Gasteiger partial charge in [0.25, 0.3) is 0 Å². The van der Waals surface area contributed by atoms with E-state index in [-0.39, 0.29) is 36.3 Å². The fraction of sp³-hybridized carbons (Fsp3) is 0.392. The zero-order valence-corrected chi connectivity index (χ0v) is 33.6. The lowest BCUT2D eigenvalue weighted by molar-refractivity contribution is -0.276. The van der Waals surface area contributed by atoms with Gasteiger partial charge in [-0.1, -0.05) is 128 Å². The molecule has 5 aliphatic rings. The van der Waals surface area contributed by atoms with Crippen LogP contribution in [0.25, 0.3) is 11.1 Å². The first-order valence-corrected chi connectivity index (χ1v) is 21.4. The lowest BCUT2D eigenvalue weighted by Crippen LogP contribution is -2.61. The maximum absolute atomic E-state index is 13.3. The highest BCUT2D eigenvalue weighted by atomic mass is 16.7. The predicted octanol–water partition coefficient (Wildman–Crippen LogP) is 10.1. The quantitative estimate of drug-likeness (QED) is 0.111. The van der Waals surface area contributed by atoms with E-state index in [4.69, 9.17) is 9.47 Å². The summed E-state index contributed by atoms with van der Waals surface area (Å²) in [7, 11) is 0. The lowest BCUT2D eigenvalue weighted by atomic mass is 9.53. The Hall–Kier alpha value is -4.79. The van der Waals surface area contributed by atoms with Crippen molar-refractivity contribution in [1.82, 2.24) is 15.5 Å². The van der Waals surface area contributed by atoms with Gasteiger partial charge in [-0.05, 0) is 107 Å². The number of nitrogens with zero attached hydrogens (tertiary/aromatic N) is 1. The molecular formula is C51H57N3O4. The minimum atomic E-state index is -0.586. The van der Waals surface area contributed by atoms with E-state index in [0.29, 0.717) is 6.54 Å². The average molecular weight is 776 g/mol. The summed E-state index contributed by atoms with van der Waals surface area (Å²) in [4.78, 5) is 15.8. The van der Waals surface area contributed by atoms with Gasteiger partial charge in [0.05, 0.1) is 18.8 Å². The summed E-state index contributed by atoms with van der Waals surface area (Å²) >= 11 is 0. The van der Waals surface area contributed by atoms with Crippen LogP contribution < -0.4 is 10.6 Å². The van der Waals surface area contributed by atoms with Crippen LogP contribution in [0, 0.1) is 23.7 Å². The van der Waals surface area contributed by atoms with Gasteiger partial charge in [0.2, 0.25) is 0 Å². The van der Waals surface area contributed by atoms with Gasteiger partial charge in [-0.25, -0.2) is 4.79 Å². The van der Waals surface area contributed by atoms with Gasteiger partial charge < -0.3 is 25.2 Å². The summed E-state index contributed by atoms with van der Waals surface area (Å²) in [5, 5.41) is 16.4. The number of benzene rings is 5. The van der Waals surface area contributed by atoms with E-state index in [1.807, 2.05) is 12.1 Å². The normalized spacial score (nSPS) is 27.4. The van der Waals surface area contributed by atoms with E-state index in [1.54, 1.807) is 0 Å². The molecule has 4 aliphatic carbocycles. The van der Waals surface area contributed by atoms with Crippen LogP contribution in [0.15, 0.2) is 133 Å². The molecule has 0 aromatic heterocycles. The summed E-state index contributed by atoms with van der Waals surface area (Å²) in [6.07, 6.45) is 6.57. The van der Waals surface area contributed by atoms with Crippen LogP contribution in [0.2, 0.25) is 0 Å². The number of urea groups is 1. The third kappa shape index (κ3) is 8.93. The summed E-state index contributed by atoms with van der Waals surface area (Å²) in [6, 6.07) is 46.3. The Morgan fingerprint density at radius 3 is 1.88 bits per heavy atom. The third-order valence-corrected chi connectivity index (χ3v) is 13.3. The second kappa shape index (κ2) is 17.2. The van der Waals surface area contributed by atoms with Crippen LogP contribution in [0.3, 0.4) is 0 Å². The molecule has 0 spiro atoms. The lowest BCUT2D eigenvalue weighted by Gasteiger charge is -2.56. The number of hydrogen-bond acceptors (Lipinski definition) is 5. The average Bonchev–Trinajstić information content (AvgIpc) is 3.24. The van der Waals surface area contributed by atoms with Crippen molar-refractivity contribution in [2.24, 2.45) is 23.7 Å². The van der Waals surface area contributed by atoms with Crippen molar-refractivity contribution in [1.29, 1.82) is 0 Å². The number of rotatable bonds is 13. The maximum Gasteiger partial charge on any atom is 0.315 e. The largest absolute Gasteiger partial charge is 0.392 e. The summed E-state index contributed by atoms with van der Waals surface area (Å²) < 4.78 is 13.9. The summed E-state index contributed by atoms with van der Waals surface area (Å²) in [6.45, 7) is 5.03. The van der Waals surface area contributed by atoms with Crippen LogP contribution in [-0.2, 0) is 35.7 Å². The fourth-order valence-electron chi connectivity index (χ4n) is 10.9. The van der Waals surface area contributed by atoms with Crippen LogP contribution in [0.1, 0.15) is 91.2 Å². The molecular weight excluding hydrogens is 719 g/mol. The van der Waals surface area contributed by atoms with Crippen LogP contribution >= 0.6 is 0 Å². The number of nitrogens with one attached hydrogen (secondary N) is 2. The van der Waals surface area contributed by atoms with Crippen molar-refractivity contribution in [3.05, 3.63) is 167 Å². The highest BCUT2D eigenvalue weighted by Crippen LogP contribution is 2.55. The van der Waals surface area contributed by atoms with Crippen molar-refractivity contribution in [2.45, 2.75) is 95.7 Å². The molecule has 3 N–H and O–H groups in total. The summed E-state index contributed by atoms with van der Waals surface area (Å²) in [5.41, 5.74) is 8.64. The van der Waals surface area contributed by atoms with E-state index in [1.165, 1.54) is 30.4 Å². The Labute approximate surface area is 343 Å². The summed E-state index contributed by atoms with van der Waals surface area (Å²) in [5.74, 6) is 2.42. The Morgan fingerprint density at radius 1 is 0.672 bits per heavy atom. The van der Waals surface area contributed by atoms with Gasteiger partial charge >= 0.3 is 6.03 Å². The molecule has 4 unspecified atom stereocenters. The van der Waals surface area contributed by atoms with E-state index in [0.717, 1.165) is 90.0 Å². The number of carbonyl (C=O) groups is 1. The smallest absolute Gasteiger partial charge is 0.315 e. The Bertz CT molecular complexity index is 2060. The molecule has 4 bridgehead atoms. The zero-order valence-electron chi connectivity index (χ0n) is 33.6. The molecule has 10 rings (SSSR count). The van der Waals surface area contributed by atoms with Gasteiger partial charge in [-0.3, -0.25) is 4.90 Å². The Morgan fingerprint density at radius 2 is 1.26 bits per heavy atom. The van der Waals surface area contributed by atoms with Crippen LogP contribution in [-0.4, -0.2) is 34.2 Å². The second-order valence-corrected chi connectivity index (χ2v) is 17.8. The van der Waals surface area contributed by atoms with Crippen LogP contribution in [0.5, 0.6) is 0 Å². The van der Waals surface area contributed by atoms with Crippen molar-refractivity contribution in [3.8, 4) is 11.1 Å². The molecule has 4 atom stereocenters. The van der Waals surface area contributed by atoms with Crippen molar-refractivity contribution < 1.29 is 19.4 Å². The first-order chi connectivity index (χ1) is 28.4. The zero-order chi connectivity index (χ0) is 39.5. The first kappa shape index (κ1) is 38.7. The predicted molar refractivity (Wildman–Crippen MR) is 228 cm³/mol. The van der Waals surface area contributed by atoms with E-state index in [9.17, 15) is 9.90 Å². The number of aliphatic hydroxyl groups is 1. The highest BCUT2D eigenvalue weighted by molar-refractivity contribution is 5.75. The molecule has 5 fully saturated rings. The second-order valence-electron chi connectivity index (χ2n) is 17.8. The topological polar surface area (TPSA) is 83.1 Å². The van der Waals surface area contributed by atoms with E-state index >= 15 is 0 Å². The number of aliphatic hydroxyl groups excluding tert-OH is 1. The molecule has 7 heteroatoms. The van der Waals surface area contributed by atoms with Gasteiger partial charge in [-0.15, -0.1) is 0 Å². The molecule has 1 heterocycles. The monoisotopic (exact) mass is 775 g/mol. The van der Waals surface area contributed by atoms with Crippen molar-refractivity contribution >= 4 is 6.03 Å². The van der Waals surface area contributed by atoms with Gasteiger partial charge in [-0.2, -0.15) is 0 Å². The molecule has 7 nitrogen and oxygen atoms in total. The number of hydrogen-bond donors (Lipinski definition) is 3. The highest BCUT2D eigenvalue weighted by Gasteiger charge is 2.51. The maximum atomic E-state index is 13.3. The first-order valence-electron chi connectivity index (χ1n) is 21.4. The standard InChI is InChI=1S/C51H57N3O4/c1-35-47(33-54(31-36-10-4-2-5-11-36)32-37-12-6-3-7-13-37)57-49(58-48(35)43-20-18-38(34-55)19-21-43)46-17-9-16-45(26-46)44-15-8-14-39(25-44)30-52-50(56)53-51-27-40-22-41(28-51)24-42(23-40)29-51/h2-21,25-26,35,40-42,47-49,55H,22-24,27-34H2,1H3,(H2,52,53,56). The minimum absolute atomic E-state index is 0.00272. The van der Waals surface area contributed by atoms with Crippen molar-refractivity contribution in [2.75, 3.05) is 6.54 Å². The van der Waals surface area contributed by atoms with Gasteiger partial charge in [0.15, 0.2) is 6.29 Å². The van der Waals surface area contributed by atoms with Crippen molar-refractivity contribution in [3.63, 3.8) is 0 Å². The van der Waals surface area contributed by atoms with Crippen LogP contribution in [0.4, 0.5) is 4.79 Å². The Kier molecular flexibility index (Phi) is 11.5. The SMILES string of the molecule is CC1C(CN(Cc2ccccc2)Cc2ccccc2)OC(c2cccc(-c3cccc(CNC(=O)NC45CC6CC(CC(C6)C4)C5)c3)c2)OC1c1ccc(CO)cc1. The minimum Gasteiger partial charge on any atom is -0.392 e. The number of ether oxygens (including phenoxy) is 2. The van der Waals surface area contributed by atoms with Gasteiger partial charge in [0, 0.05) is 43.2 Å². The molecule has 5 aromatic carbocycles. The van der Waals surface area contributed by atoms with E-state index in [2.05, 4.69) is 144 Å². The molecule has 58 heavy (non-hydrogen) atoms. The molecule has 0 radical (unpaired) electrons. The van der Waals surface area contributed by atoms with Gasteiger partial charge in [0.1, 0.15) is 0 Å².